The Kier molecular flexibility index (Phi) is 4.66. The molecule has 1 aliphatic rings. The first kappa shape index (κ1) is 17.0. The summed E-state index contributed by atoms with van der Waals surface area (Å²) in [5, 5.41) is 2.94. The number of carbonyl (C=O) groups excluding carboxylic acids is 1. The molecule has 0 aromatic heterocycles. The Hall–Kier alpha value is -3.47. The standard InChI is InChI=1S/C22H19NO4/c1-25-19-10-8-17(16-5-3-2-4-6-16)12-18(19)22(24)23-13-15-7-9-20-21(11-15)27-14-26-20/h2-12H,13-14H2,1H3,(H,23,24). The first-order chi connectivity index (χ1) is 13.2. The summed E-state index contributed by atoms with van der Waals surface area (Å²) in [6.45, 7) is 0.614. The molecular formula is C22H19NO4. The lowest BCUT2D eigenvalue weighted by molar-refractivity contribution is 0.0948. The summed E-state index contributed by atoms with van der Waals surface area (Å²) in [6, 6.07) is 21.2. The van der Waals surface area contributed by atoms with E-state index in [1.807, 2.05) is 66.7 Å². The fourth-order valence-corrected chi connectivity index (χ4v) is 3.02. The van der Waals surface area contributed by atoms with E-state index >= 15 is 0 Å². The first-order valence-corrected chi connectivity index (χ1v) is 8.65. The molecule has 0 saturated heterocycles. The van der Waals surface area contributed by atoms with Gasteiger partial charge in [0.05, 0.1) is 12.7 Å². The molecule has 3 aromatic carbocycles. The summed E-state index contributed by atoms with van der Waals surface area (Å²) in [5.41, 5.74) is 3.44. The number of hydrogen-bond donors (Lipinski definition) is 1. The van der Waals surface area contributed by atoms with E-state index in [9.17, 15) is 4.79 Å². The molecule has 1 N–H and O–H groups in total. The van der Waals surface area contributed by atoms with Gasteiger partial charge in [0, 0.05) is 6.54 Å². The van der Waals surface area contributed by atoms with Gasteiger partial charge in [0.25, 0.3) is 5.91 Å². The number of carbonyl (C=O) groups is 1. The third-order valence-electron chi connectivity index (χ3n) is 4.44. The van der Waals surface area contributed by atoms with E-state index in [4.69, 9.17) is 14.2 Å². The summed E-state index contributed by atoms with van der Waals surface area (Å²) in [6.07, 6.45) is 0. The third-order valence-corrected chi connectivity index (χ3v) is 4.44. The van der Waals surface area contributed by atoms with Crippen molar-refractivity contribution in [1.82, 2.24) is 5.32 Å². The molecule has 0 radical (unpaired) electrons. The zero-order chi connectivity index (χ0) is 18.6. The Morgan fingerprint density at radius 3 is 2.59 bits per heavy atom. The van der Waals surface area contributed by atoms with Crippen LogP contribution < -0.4 is 19.5 Å². The zero-order valence-corrected chi connectivity index (χ0v) is 14.9. The highest BCUT2D eigenvalue weighted by Crippen LogP contribution is 2.32. The second-order valence-electron chi connectivity index (χ2n) is 6.15. The third kappa shape index (κ3) is 3.58. The first-order valence-electron chi connectivity index (χ1n) is 8.65. The minimum atomic E-state index is -0.192. The molecule has 3 aromatic rings. The van der Waals surface area contributed by atoms with E-state index in [2.05, 4.69) is 5.32 Å². The van der Waals surface area contributed by atoms with Crippen molar-refractivity contribution < 1.29 is 19.0 Å². The van der Waals surface area contributed by atoms with Gasteiger partial charge in [-0.15, -0.1) is 0 Å². The highest BCUT2D eigenvalue weighted by molar-refractivity contribution is 5.98. The van der Waals surface area contributed by atoms with Gasteiger partial charge in [-0.25, -0.2) is 0 Å². The van der Waals surface area contributed by atoms with Crippen LogP contribution in [0.15, 0.2) is 66.7 Å². The lowest BCUT2D eigenvalue weighted by atomic mass is 10.0. The monoisotopic (exact) mass is 361 g/mol. The molecule has 5 nitrogen and oxygen atoms in total. The molecule has 1 amide bonds. The summed E-state index contributed by atoms with van der Waals surface area (Å²) >= 11 is 0. The molecule has 0 bridgehead atoms. The molecule has 0 saturated carbocycles. The van der Waals surface area contributed by atoms with E-state index in [0.29, 0.717) is 23.6 Å². The van der Waals surface area contributed by atoms with Gasteiger partial charge >= 0.3 is 0 Å². The number of fused-ring (bicyclic) bond motifs is 1. The van der Waals surface area contributed by atoms with Crippen molar-refractivity contribution in [2.24, 2.45) is 0 Å². The second-order valence-corrected chi connectivity index (χ2v) is 6.15. The van der Waals surface area contributed by atoms with E-state index in [1.54, 1.807) is 7.11 Å². The number of ether oxygens (including phenoxy) is 3. The van der Waals surface area contributed by atoms with Crippen LogP contribution in [-0.2, 0) is 6.54 Å². The minimum Gasteiger partial charge on any atom is -0.496 e. The summed E-state index contributed by atoms with van der Waals surface area (Å²) in [7, 11) is 1.56. The van der Waals surface area contributed by atoms with Crippen molar-refractivity contribution in [3.8, 4) is 28.4 Å². The lowest BCUT2D eigenvalue weighted by Gasteiger charge is -2.12. The smallest absolute Gasteiger partial charge is 0.255 e. The predicted octanol–water partition coefficient (Wildman–Crippen LogP) is 4.02. The van der Waals surface area contributed by atoms with Crippen LogP contribution in [0, 0.1) is 0 Å². The topological polar surface area (TPSA) is 56.8 Å². The van der Waals surface area contributed by atoms with Gasteiger partial charge in [-0.1, -0.05) is 42.5 Å². The van der Waals surface area contributed by atoms with Crippen LogP contribution >= 0.6 is 0 Å². The Balaban J connectivity index is 1.53. The molecular weight excluding hydrogens is 342 g/mol. The van der Waals surface area contributed by atoms with Crippen LogP contribution in [0.2, 0.25) is 0 Å². The summed E-state index contributed by atoms with van der Waals surface area (Å²) in [4.78, 5) is 12.8. The highest BCUT2D eigenvalue weighted by Gasteiger charge is 2.16. The molecule has 0 fully saturated rings. The van der Waals surface area contributed by atoms with E-state index in [1.165, 1.54) is 0 Å². The Labute approximate surface area is 157 Å². The Morgan fingerprint density at radius 1 is 0.963 bits per heavy atom. The van der Waals surface area contributed by atoms with Gasteiger partial charge in [0.2, 0.25) is 6.79 Å². The lowest BCUT2D eigenvalue weighted by Crippen LogP contribution is -2.23. The summed E-state index contributed by atoms with van der Waals surface area (Å²) in [5.74, 6) is 1.77. The molecule has 0 spiro atoms. The largest absolute Gasteiger partial charge is 0.496 e. The van der Waals surface area contributed by atoms with Crippen LogP contribution in [-0.4, -0.2) is 19.8 Å². The van der Waals surface area contributed by atoms with Gasteiger partial charge in [-0.2, -0.15) is 0 Å². The van der Waals surface area contributed by atoms with Gasteiger partial charge in [0.1, 0.15) is 5.75 Å². The van der Waals surface area contributed by atoms with Crippen LogP contribution in [0.25, 0.3) is 11.1 Å². The molecule has 136 valence electrons. The van der Waals surface area contributed by atoms with Crippen LogP contribution in [0.3, 0.4) is 0 Å². The van der Waals surface area contributed by atoms with Gasteiger partial charge in [0.15, 0.2) is 11.5 Å². The molecule has 0 atom stereocenters. The fraction of sp³-hybridized carbons (Fsp3) is 0.136. The maximum absolute atomic E-state index is 12.8. The number of benzene rings is 3. The number of methoxy groups -OCH3 is 1. The van der Waals surface area contributed by atoms with Gasteiger partial charge in [-0.05, 0) is 41.0 Å². The molecule has 1 heterocycles. The summed E-state index contributed by atoms with van der Waals surface area (Å²) < 4.78 is 16.1. The van der Waals surface area contributed by atoms with E-state index in [-0.39, 0.29) is 12.7 Å². The van der Waals surface area contributed by atoms with Crippen LogP contribution in [0.1, 0.15) is 15.9 Å². The number of hydrogen-bond acceptors (Lipinski definition) is 4. The van der Waals surface area contributed by atoms with Crippen LogP contribution in [0.4, 0.5) is 0 Å². The molecule has 5 heteroatoms. The second kappa shape index (κ2) is 7.41. The van der Waals surface area contributed by atoms with Gasteiger partial charge in [-0.3, -0.25) is 4.79 Å². The molecule has 4 rings (SSSR count). The van der Waals surface area contributed by atoms with Crippen molar-refractivity contribution in [2.75, 3.05) is 13.9 Å². The van der Waals surface area contributed by atoms with Crippen LogP contribution in [0.5, 0.6) is 17.2 Å². The number of rotatable bonds is 5. The number of amides is 1. The van der Waals surface area contributed by atoms with E-state index in [0.717, 1.165) is 22.4 Å². The quantitative estimate of drug-likeness (QED) is 0.746. The molecule has 27 heavy (non-hydrogen) atoms. The molecule has 0 unspecified atom stereocenters. The zero-order valence-electron chi connectivity index (χ0n) is 14.9. The maximum atomic E-state index is 12.8. The predicted molar refractivity (Wildman–Crippen MR) is 102 cm³/mol. The van der Waals surface area contributed by atoms with Crippen molar-refractivity contribution in [3.05, 3.63) is 77.9 Å². The SMILES string of the molecule is COc1ccc(-c2ccccc2)cc1C(=O)NCc1ccc2c(c1)OCO2. The average molecular weight is 361 g/mol. The Bertz CT molecular complexity index is 969. The molecule has 1 aliphatic heterocycles. The van der Waals surface area contributed by atoms with Crippen molar-refractivity contribution in [1.29, 1.82) is 0 Å². The number of nitrogens with one attached hydrogen (secondary N) is 1. The van der Waals surface area contributed by atoms with E-state index < -0.39 is 0 Å². The normalized spacial score (nSPS) is 11.9. The average Bonchev–Trinajstić information content (AvgIpc) is 3.20. The van der Waals surface area contributed by atoms with Gasteiger partial charge < -0.3 is 19.5 Å². The van der Waals surface area contributed by atoms with Crippen molar-refractivity contribution in [2.45, 2.75) is 6.54 Å². The molecule has 0 aliphatic carbocycles. The Morgan fingerprint density at radius 2 is 1.78 bits per heavy atom. The van der Waals surface area contributed by atoms with Crippen molar-refractivity contribution >= 4 is 5.91 Å². The minimum absolute atomic E-state index is 0.192. The highest BCUT2D eigenvalue weighted by atomic mass is 16.7. The van der Waals surface area contributed by atoms with Crippen molar-refractivity contribution in [3.63, 3.8) is 0 Å². The fourth-order valence-electron chi connectivity index (χ4n) is 3.02. The maximum Gasteiger partial charge on any atom is 0.255 e.